The number of aliphatic hydroxyl groups excluding tert-OH is 1. The van der Waals surface area contributed by atoms with E-state index < -0.39 is 0 Å². The van der Waals surface area contributed by atoms with Crippen LogP contribution in [0.1, 0.15) is 24.6 Å². The van der Waals surface area contributed by atoms with E-state index in [9.17, 15) is 5.11 Å². The van der Waals surface area contributed by atoms with Gasteiger partial charge in [-0.25, -0.2) is 9.97 Å². The number of hydrogen-bond donors (Lipinski definition) is 3. The van der Waals surface area contributed by atoms with Gasteiger partial charge in [0, 0.05) is 74.8 Å². The van der Waals surface area contributed by atoms with Crippen molar-refractivity contribution >= 4 is 35.3 Å². The number of benzene rings is 2. The Labute approximate surface area is 311 Å². The molecule has 54 heavy (non-hydrogen) atoms. The Morgan fingerprint density at radius 2 is 1.33 bits per heavy atom. The first kappa shape index (κ1) is 34.8. The third kappa shape index (κ3) is 7.74. The first-order valence-corrected chi connectivity index (χ1v) is 17.9. The number of methoxy groups -OCH3 is 2. The predicted octanol–water partition coefficient (Wildman–Crippen LogP) is 5.54. The summed E-state index contributed by atoms with van der Waals surface area (Å²) in [5.41, 5.74) is 4.02. The van der Waals surface area contributed by atoms with E-state index in [1.165, 1.54) is 0 Å². The van der Waals surface area contributed by atoms with Crippen molar-refractivity contribution in [2.24, 2.45) is 0 Å². The molecule has 0 spiro atoms. The lowest BCUT2D eigenvalue weighted by atomic mass is 10.1. The van der Waals surface area contributed by atoms with Crippen molar-refractivity contribution in [3.05, 3.63) is 84.7 Å². The number of anilines is 6. The summed E-state index contributed by atoms with van der Waals surface area (Å²) in [4.78, 5) is 26.2. The summed E-state index contributed by atoms with van der Waals surface area (Å²) in [6.07, 6.45) is 3.53. The maximum atomic E-state index is 9.46. The molecule has 16 heteroatoms. The molecule has 2 aliphatic rings. The number of nitrogens with one attached hydrogen (secondary N) is 2. The Kier molecular flexibility index (Phi) is 10.2. The topological polar surface area (TPSA) is 176 Å². The molecule has 2 aromatic carbocycles. The molecule has 6 heterocycles. The zero-order valence-corrected chi connectivity index (χ0v) is 30.1. The van der Waals surface area contributed by atoms with Gasteiger partial charge in [0.25, 0.3) is 0 Å². The van der Waals surface area contributed by atoms with Crippen LogP contribution in [0.4, 0.5) is 35.3 Å². The van der Waals surface area contributed by atoms with Crippen molar-refractivity contribution < 1.29 is 23.6 Å². The van der Waals surface area contributed by atoms with Crippen LogP contribution in [0, 0.1) is 0 Å². The third-order valence-corrected chi connectivity index (χ3v) is 9.59. The lowest BCUT2D eigenvalue weighted by Gasteiger charge is -2.35. The van der Waals surface area contributed by atoms with Crippen LogP contribution in [-0.4, -0.2) is 100 Å². The smallest absolute Gasteiger partial charge is 0.230 e. The summed E-state index contributed by atoms with van der Waals surface area (Å²) in [5, 5.41) is 24.6. The third-order valence-electron chi connectivity index (χ3n) is 9.59. The minimum absolute atomic E-state index is 0.102. The van der Waals surface area contributed by atoms with Gasteiger partial charge >= 0.3 is 0 Å². The summed E-state index contributed by atoms with van der Waals surface area (Å²) in [6, 6.07) is 22.6. The number of piperazine rings is 1. The van der Waals surface area contributed by atoms with Gasteiger partial charge in [-0.15, -0.1) is 0 Å². The Bertz CT molecular complexity index is 2150. The molecule has 278 valence electrons. The first-order chi connectivity index (χ1) is 26.5. The molecule has 0 radical (unpaired) electrons. The highest BCUT2D eigenvalue weighted by atomic mass is 16.5. The minimum atomic E-state index is -0.102. The summed E-state index contributed by atoms with van der Waals surface area (Å²) in [5.74, 6) is 4.81. The molecule has 0 amide bonds. The summed E-state index contributed by atoms with van der Waals surface area (Å²) >= 11 is 0. The van der Waals surface area contributed by atoms with Crippen LogP contribution in [0.15, 0.2) is 88.0 Å². The van der Waals surface area contributed by atoms with Crippen molar-refractivity contribution in [3.63, 3.8) is 0 Å². The van der Waals surface area contributed by atoms with Gasteiger partial charge in [-0.2, -0.15) is 9.97 Å². The molecule has 0 saturated carbocycles. The second-order valence-electron chi connectivity index (χ2n) is 13.0. The summed E-state index contributed by atoms with van der Waals surface area (Å²) in [7, 11) is 3.27. The van der Waals surface area contributed by atoms with Gasteiger partial charge < -0.3 is 44.1 Å². The molecule has 2 aliphatic heterocycles. The molecule has 4 aromatic heterocycles. The number of ether oxygens (including phenoxy) is 2. The monoisotopic (exact) mass is 731 g/mol. The molecule has 3 N–H and O–H groups in total. The van der Waals surface area contributed by atoms with Crippen molar-refractivity contribution in [1.29, 1.82) is 0 Å². The normalized spacial score (nSPS) is 16.1. The molecule has 1 unspecified atom stereocenters. The zero-order valence-electron chi connectivity index (χ0n) is 30.1. The summed E-state index contributed by atoms with van der Waals surface area (Å²) < 4.78 is 21.9. The second kappa shape index (κ2) is 15.8. The number of rotatable bonds is 13. The minimum Gasteiger partial charge on any atom is -0.497 e. The molecular weight excluding hydrogens is 690 g/mol. The van der Waals surface area contributed by atoms with Crippen LogP contribution in [0.2, 0.25) is 0 Å². The molecule has 8 rings (SSSR count). The maximum absolute atomic E-state index is 9.46. The van der Waals surface area contributed by atoms with E-state index in [1.54, 1.807) is 26.5 Å². The SMILES string of the molecule is COc1ccc(-c2cc(Nc3cc(C4CCCN4c4nccc(Nc5cc(-c6ccc(OC)cc6)no5)n4)nc(N4CCN(CCO)CC4)n3)on2)cc1. The lowest BCUT2D eigenvalue weighted by molar-refractivity contribution is 0.188. The van der Waals surface area contributed by atoms with E-state index in [0.717, 1.165) is 73.9 Å². The van der Waals surface area contributed by atoms with Crippen LogP contribution < -0.4 is 29.9 Å². The fourth-order valence-electron chi connectivity index (χ4n) is 6.73. The average Bonchev–Trinajstić information content (AvgIpc) is 4.01. The highest BCUT2D eigenvalue weighted by Gasteiger charge is 2.31. The summed E-state index contributed by atoms with van der Waals surface area (Å²) in [6.45, 7) is 4.62. The van der Waals surface area contributed by atoms with Gasteiger partial charge in [0.05, 0.1) is 32.6 Å². The van der Waals surface area contributed by atoms with Crippen LogP contribution in [0.5, 0.6) is 11.5 Å². The van der Waals surface area contributed by atoms with Crippen LogP contribution in [0.3, 0.4) is 0 Å². The lowest BCUT2D eigenvalue weighted by Crippen LogP contribution is -2.47. The number of β-amino-alcohol motifs (C(OH)–C–C–N with tert-alkyl or cyclic N) is 1. The predicted molar refractivity (Wildman–Crippen MR) is 203 cm³/mol. The maximum Gasteiger partial charge on any atom is 0.230 e. The second-order valence-corrected chi connectivity index (χ2v) is 13.0. The van der Waals surface area contributed by atoms with E-state index in [-0.39, 0.29) is 12.6 Å². The van der Waals surface area contributed by atoms with Crippen molar-refractivity contribution in [3.8, 4) is 34.0 Å². The molecular formula is C38H41N11O5. The van der Waals surface area contributed by atoms with E-state index in [4.69, 9.17) is 33.5 Å². The van der Waals surface area contributed by atoms with Crippen molar-refractivity contribution in [2.45, 2.75) is 18.9 Å². The van der Waals surface area contributed by atoms with E-state index >= 15 is 0 Å². The van der Waals surface area contributed by atoms with Crippen molar-refractivity contribution in [1.82, 2.24) is 35.1 Å². The molecule has 1 atom stereocenters. The van der Waals surface area contributed by atoms with E-state index in [0.29, 0.717) is 53.2 Å². The Balaban J connectivity index is 1.04. The van der Waals surface area contributed by atoms with E-state index in [2.05, 4.69) is 40.6 Å². The molecule has 0 aliphatic carbocycles. The number of aliphatic hydroxyl groups is 1. The fourth-order valence-corrected chi connectivity index (χ4v) is 6.73. The average molecular weight is 732 g/mol. The van der Waals surface area contributed by atoms with Gasteiger partial charge in [-0.05, 0) is 67.4 Å². The van der Waals surface area contributed by atoms with E-state index in [1.807, 2.05) is 66.7 Å². The number of hydrogen-bond acceptors (Lipinski definition) is 16. The van der Waals surface area contributed by atoms with Gasteiger partial charge in [0.2, 0.25) is 23.7 Å². The van der Waals surface area contributed by atoms with Gasteiger partial charge in [-0.1, -0.05) is 10.3 Å². The van der Waals surface area contributed by atoms with Gasteiger partial charge in [0.15, 0.2) is 0 Å². The Morgan fingerprint density at radius 1 is 0.722 bits per heavy atom. The van der Waals surface area contributed by atoms with Crippen LogP contribution >= 0.6 is 0 Å². The Morgan fingerprint density at radius 3 is 1.94 bits per heavy atom. The molecule has 2 saturated heterocycles. The van der Waals surface area contributed by atoms with Crippen LogP contribution in [0.25, 0.3) is 22.5 Å². The standard InChI is InChI=1S/C38H41N11O5/c1-51-27-9-5-25(6-10-27)29-23-35(53-45-29)41-33-13-14-39-37(43-33)49-15-3-4-32(49)31-22-34(44-38(40-31)48-18-16-47(17-19-48)20-21-50)42-36-24-30(46-54-36)26-7-11-28(52-2)12-8-26/h5-14,22-24,32,50H,3-4,15-21H2,1-2H3,(H,39,41,43)(H,40,42,44). The highest BCUT2D eigenvalue weighted by Crippen LogP contribution is 2.36. The number of nitrogens with zero attached hydrogens (tertiary/aromatic N) is 9. The Hall–Kier alpha value is -6.26. The highest BCUT2D eigenvalue weighted by molar-refractivity contribution is 5.66. The van der Waals surface area contributed by atoms with Crippen molar-refractivity contribution in [2.75, 3.05) is 80.5 Å². The molecule has 2 fully saturated rings. The molecule has 16 nitrogen and oxygen atoms in total. The largest absolute Gasteiger partial charge is 0.497 e. The zero-order chi connectivity index (χ0) is 36.9. The van der Waals surface area contributed by atoms with Crippen LogP contribution in [-0.2, 0) is 0 Å². The number of aromatic nitrogens is 6. The van der Waals surface area contributed by atoms with Gasteiger partial charge in [0.1, 0.15) is 34.5 Å². The van der Waals surface area contributed by atoms with Gasteiger partial charge in [-0.3, -0.25) is 4.90 Å². The molecule has 6 aromatic rings. The quantitative estimate of drug-likeness (QED) is 0.135. The first-order valence-electron chi connectivity index (χ1n) is 17.9. The molecule has 0 bridgehead atoms. The fraction of sp³-hybridized carbons (Fsp3) is 0.316.